The van der Waals surface area contributed by atoms with Gasteiger partial charge in [-0.1, -0.05) is 20.8 Å². The van der Waals surface area contributed by atoms with Gasteiger partial charge in [0.2, 0.25) is 10.0 Å². The molecule has 2 atom stereocenters. The van der Waals surface area contributed by atoms with E-state index in [9.17, 15) is 18.0 Å². The third-order valence-electron chi connectivity index (χ3n) is 4.09. The Labute approximate surface area is 155 Å². The molecule has 1 amide bonds. The fraction of sp³-hybridized carbons (Fsp3) is 0.556. The fourth-order valence-corrected chi connectivity index (χ4v) is 3.19. The van der Waals surface area contributed by atoms with Crippen molar-refractivity contribution in [2.24, 2.45) is 5.92 Å². The van der Waals surface area contributed by atoms with Crippen LogP contribution in [0.5, 0.6) is 0 Å². The van der Waals surface area contributed by atoms with Gasteiger partial charge in [0.05, 0.1) is 10.5 Å². The minimum absolute atomic E-state index is 0.0243. The highest BCUT2D eigenvalue weighted by Gasteiger charge is 2.18. The average molecular weight is 384 g/mol. The lowest BCUT2D eigenvalue weighted by molar-refractivity contribution is -0.125. The van der Waals surface area contributed by atoms with E-state index in [0.717, 1.165) is 0 Å². The zero-order chi connectivity index (χ0) is 19.9. The Kier molecular flexibility index (Phi) is 8.23. The molecule has 0 fully saturated rings. The molecule has 0 aromatic heterocycles. The van der Waals surface area contributed by atoms with Gasteiger partial charge in [0, 0.05) is 12.1 Å². The highest BCUT2D eigenvalue weighted by molar-refractivity contribution is 7.89. The van der Waals surface area contributed by atoms with E-state index in [4.69, 9.17) is 4.74 Å². The molecule has 0 aliphatic rings. The Morgan fingerprint density at radius 2 is 1.65 bits per heavy atom. The van der Waals surface area contributed by atoms with Crippen LogP contribution in [0.1, 0.15) is 51.4 Å². The second kappa shape index (κ2) is 9.68. The Morgan fingerprint density at radius 3 is 2.15 bits per heavy atom. The van der Waals surface area contributed by atoms with Crippen LogP contribution in [-0.4, -0.2) is 39.0 Å². The van der Waals surface area contributed by atoms with E-state index < -0.39 is 16.0 Å². The van der Waals surface area contributed by atoms with E-state index in [0.29, 0.717) is 6.42 Å². The molecule has 0 unspecified atom stereocenters. The van der Waals surface area contributed by atoms with Crippen molar-refractivity contribution in [1.82, 2.24) is 10.0 Å². The number of nitrogens with one attached hydrogen (secondary N) is 2. The van der Waals surface area contributed by atoms with E-state index in [1.165, 1.54) is 24.3 Å². The van der Waals surface area contributed by atoms with Crippen LogP contribution >= 0.6 is 0 Å². The van der Waals surface area contributed by atoms with Gasteiger partial charge >= 0.3 is 5.97 Å². The third kappa shape index (κ3) is 6.76. The number of sulfonamides is 1. The maximum atomic E-state index is 12.2. The van der Waals surface area contributed by atoms with E-state index in [2.05, 4.69) is 10.0 Å². The van der Waals surface area contributed by atoms with Gasteiger partial charge in [0.25, 0.3) is 5.91 Å². The Balaban J connectivity index is 2.65. The van der Waals surface area contributed by atoms with Crippen molar-refractivity contribution in [3.05, 3.63) is 29.8 Å². The maximum Gasteiger partial charge on any atom is 0.338 e. The van der Waals surface area contributed by atoms with Crippen molar-refractivity contribution < 1.29 is 22.7 Å². The summed E-state index contributed by atoms with van der Waals surface area (Å²) in [5, 5.41) is 2.74. The van der Waals surface area contributed by atoms with Crippen LogP contribution in [0, 0.1) is 5.92 Å². The molecule has 8 heteroatoms. The molecule has 146 valence electrons. The molecule has 7 nitrogen and oxygen atoms in total. The van der Waals surface area contributed by atoms with Crippen molar-refractivity contribution in [3.8, 4) is 0 Å². The van der Waals surface area contributed by atoms with Gasteiger partial charge in [-0.05, 0) is 50.5 Å². The molecular formula is C18H28N2O5S. The summed E-state index contributed by atoms with van der Waals surface area (Å²) in [6.45, 7) is 9.09. The smallest absolute Gasteiger partial charge is 0.338 e. The first-order valence-electron chi connectivity index (χ1n) is 8.65. The van der Waals surface area contributed by atoms with E-state index in [1.54, 1.807) is 6.92 Å². The zero-order valence-corrected chi connectivity index (χ0v) is 16.7. The van der Waals surface area contributed by atoms with Crippen molar-refractivity contribution in [1.29, 1.82) is 0 Å². The predicted molar refractivity (Wildman–Crippen MR) is 99.2 cm³/mol. The average Bonchev–Trinajstić information content (AvgIpc) is 2.59. The Hall–Kier alpha value is -1.93. The second-order valence-electron chi connectivity index (χ2n) is 6.63. The summed E-state index contributed by atoms with van der Waals surface area (Å²) in [4.78, 5) is 23.8. The largest absolute Gasteiger partial charge is 0.452 e. The molecular weight excluding hydrogens is 356 g/mol. The molecule has 0 heterocycles. The van der Waals surface area contributed by atoms with E-state index in [1.807, 2.05) is 27.7 Å². The normalized spacial score (nSPS) is 13.9. The lowest BCUT2D eigenvalue weighted by Crippen LogP contribution is -2.38. The predicted octanol–water partition coefficient (Wildman–Crippen LogP) is 2.08. The number of carbonyl (C=O) groups excluding carboxylic acids is 2. The summed E-state index contributed by atoms with van der Waals surface area (Å²) in [5.74, 6) is -0.791. The van der Waals surface area contributed by atoms with Crippen LogP contribution in [0.3, 0.4) is 0 Å². The SMILES string of the molecule is CC[C@H](C)NS(=O)(=O)c1ccc(C(=O)OCC(=O)N[C@@H](C)C(C)C)cc1. The number of amides is 1. The van der Waals surface area contributed by atoms with Gasteiger partial charge in [-0.25, -0.2) is 17.9 Å². The number of carbonyl (C=O) groups is 2. The number of hydrogen-bond donors (Lipinski definition) is 2. The van der Waals surface area contributed by atoms with E-state index in [-0.39, 0.29) is 41.0 Å². The second-order valence-corrected chi connectivity index (χ2v) is 8.35. The van der Waals surface area contributed by atoms with Gasteiger partial charge in [-0.15, -0.1) is 0 Å². The monoisotopic (exact) mass is 384 g/mol. The van der Waals surface area contributed by atoms with Crippen LogP contribution in [0.2, 0.25) is 0 Å². The number of ether oxygens (including phenoxy) is 1. The summed E-state index contributed by atoms with van der Waals surface area (Å²) in [7, 11) is -3.63. The molecule has 0 aliphatic carbocycles. The van der Waals surface area contributed by atoms with Gasteiger partial charge in [0.15, 0.2) is 6.61 Å². The first-order chi connectivity index (χ1) is 12.1. The van der Waals surface area contributed by atoms with Crippen molar-refractivity contribution in [2.45, 2.75) is 58.0 Å². The van der Waals surface area contributed by atoms with Crippen molar-refractivity contribution in [3.63, 3.8) is 0 Å². The lowest BCUT2D eigenvalue weighted by atomic mass is 10.1. The van der Waals surface area contributed by atoms with Crippen LogP contribution in [0.25, 0.3) is 0 Å². The Bertz CT molecular complexity index is 714. The molecule has 1 aromatic carbocycles. The molecule has 26 heavy (non-hydrogen) atoms. The number of benzene rings is 1. The van der Waals surface area contributed by atoms with Crippen LogP contribution in [0.15, 0.2) is 29.2 Å². The molecule has 1 aromatic rings. The van der Waals surface area contributed by atoms with Crippen LogP contribution in [0.4, 0.5) is 0 Å². The molecule has 0 radical (unpaired) electrons. The number of esters is 1. The van der Waals surface area contributed by atoms with Gasteiger partial charge in [-0.2, -0.15) is 0 Å². The quantitative estimate of drug-likeness (QED) is 0.635. The highest BCUT2D eigenvalue weighted by Crippen LogP contribution is 2.12. The molecule has 0 saturated carbocycles. The molecule has 1 rings (SSSR count). The first kappa shape index (κ1) is 22.1. The minimum atomic E-state index is -3.63. The maximum absolute atomic E-state index is 12.2. The lowest BCUT2D eigenvalue weighted by Gasteiger charge is -2.17. The van der Waals surface area contributed by atoms with Gasteiger partial charge in [0.1, 0.15) is 0 Å². The molecule has 0 saturated heterocycles. The third-order valence-corrected chi connectivity index (χ3v) is 5.70. The number of hydrogen-bond acceptors (Lipinski definition) is 5. The summed E-state index contributed by atoms with van der Waals surface area (Å²) in [6, 6.07) is 5.19. The molecule has 0 spiro atoms. The van der Waals surface area contributed by atoms with E-state index >= 15 is 0 Å². The first-order valence-corrected chi connectivity index (χ1v) is 10.1. The number of rotatable bonds is 9. The molecule has 2 N–H and O–H groups in total. The molecule has 0 bridgehead atoms. The topological polar surface area (TPSA) is 102 Å². The summed E-state index contributed by atoms with van der Waals surface area (Å²) >= 11 is 0. The zero-order valence-electron chi connectivity index (χ0n) is 15.9. The summed E-state index contributed by atoms with van der Waals surface area (Å²) in [5.41, 5.74) is 0.178. The fourth-order valence-electron chi connectivity index (χ4n) is 1.86. The van der Waals surface area contributed by atoms with Gasteiger partial charge < -0.3 is 10.1 Å². The highest BCUT2D eigenvalue weighted by atomic mass is 32.2. The van der Waals surface area contributed by atoms with Gasteiger partial charge in [-0.3, -0.25) is 4.79 Å². The van der Waals surface area contributed by atoms with Crippen molar-refractivity contribution in [2.75, 3.05) is 6.61 Å². The van der Waals surface area contributed by atoms with Crippen LogP contribution in [-0.2, 0) is 19.6 Å². The molecule has 0 aliphatic heterocycles. The van der Waals surface area contributed by atoms with Crippen molar-refractivity contribution >= 4 is 21.9 Å². The summed E-state index contributed by atoms with van der Waals surface area (Å²) < 4.78 is 31.9. The van der Waals surface area contributed by atoms with Crippen LogP contribution < -0.4 is 10.0 Å². The minimum Gasteiger partial charge on any atom is -0.452 e. The Morgan fingerprint density at radius 1 is 1.08 bits per heavy atom. The standard InChI is InChI=1S/C18H28N2O5S/c1-6-13(4)20-26(23,24)16-9-7-15(8-10-16)18(22)25-11-17(21)19-14(5)12(2)3/h7-10,12-14,20H,6,11H2,1-5H3,(H,19,21)/t13-,14-/m0/s1. The summed E-state index contributed by atoms with van der Waals surface area (Å²) in [6.07, 6.45) is 0.668.